The molecule has 0 saturated carbocycles. The van der Waals surface area contributed by atoms with Crippen LogP contribution in [0.5, 0.6) is 0 Å². The largest absolute Gasteiger partial charge is 0.356 e. The highest BCUT2D eigenvalue weighted by Crippen LogP contribution is 2.17. The summed E-state index contributed by atoms with van der Waals surface area (Å²) < 4.78 is 0. The van der Waals surface area contributed by atoms with E-state index >= 15 is 0 Å². The number of nitrogens with one attached hydrogen (secondary N) is 3. The Bertz CT molecular complexity index is 863. The van der Waals surface area contributed by atoms with Gasteiger partial charge in [-0.1, -0.05) is 42.5 Å². The smallest absolute Gasteiger partial charge is 0.171 e. The van der Waals surface area contributed by atoms with Gasteiger partial charge in [-0.15, -0.1) is 0 Å². The summed E-state index contributed by atoms with van der Waals surface area (Å²) in [7, 11) is 0. The Hall–Kier alpha value is -2.92. The Morgan fingerprint density at radius 3 is 2.46 bits per heavy atom. The van der Waals surface area contributed by atoms with E-state index in [0.717, 1.165) is 17.2 Å². The molecule has 3 rings (SSSR count). The Labute approximate surface area is 159 Å². The van der Waals surface area contributed by atoms with Crippen molar-refractivity contribution in [3.63, 3.8) is 0 Å². The standard InChI is InChI=1S/C21H22N4S/c1-15-7-6-10-18(13-15)24-20-12-11-19(14-22-20)25-21(26)23-16(2)17-8-4-3-5-9-17/h3-14,16H,1-2H3,(H,22,24)(H2,23,25,26)/t16-/m0/s1. The first-order chi connectivity index (χ1) is 12.6. The van der Waals surface area contributed by atoms with Gasteiger partial charge in [0.15, 0.2) is 5.11 Å². The van der Waals surface area contributed by atoms with E-state index < -0.39 is 0 Å². The number of thiocarbonyl (C=S) groups is 1. The van der Waals surface area contributed by atoms with E-state index in [1.54, 1.807) is 6.20 Å². The predicted molar refractivity (Wildman–Crippen MR) is 113 cm³/mol. The highest BCUT2D eigenvalue weighted by molar-refractivity contribution is 7.80. The summed E-state index contributed by atoms with van der Waals surface area (Å²) in [4.78, 5) is 4.43. The van der Waals surface area contributed by atoms with E-state index in [-0.39, 0.29) is 6.04 Å². The molecule has 0 aliphatic carbocycles. The maximum Gasteiger partial charge on any atom is 0.171 e. The Balaban J connectivity index is 1.56. The van der Waals surface area contributed by atoms with Crippen LogP contribution in [0.2, 0.25) is 0 Å². The van der Waals surface area contributed by atoms with Gasteiger partial charge < -0.3 is 16.0 Å². The summed E-state index contributed by atoms with van der Waals surface area (Å²) in [6.07, 6.45) is 1.76. The van der Waals surface area contributed by atoms with Crippen molar-refractivity contribution in [3.05, 3.63) is 84.1 Å². The minimum absolute atomic E-state index is 0.131. The van der Waals surface area contributed by atoms with Crippen LogP contribution in [0.15, 0.2) is 72.9 Å². The maximum absolute atomic E-state index is 5.40. The Kier molecular flexibility index (Phi) is 5.81. The van der Waals surface area contributed by atoms with E-state index in [0.29, 0.717) is 5.11 Å². The number of benzene rings is 2. The van der Waals surface area contributed by atoms with E-state index in [2.05, 4.69) is 59.0 Å². The summed E-state index contributed by atoms with van der Waals surface area (Å²) in [5.74, 6) is 0.790. The molecule has 0 saturated heterocycles. The molecule has 0 aliphatic rings. The summed E-state index contributed by atoms with van der Waals surface area (Å²) >= 11 is 5.40. The van der Waals surface area contributed by atoms with Crippen LogP contribution in [-0.4, -0.2) is 10.1 Å². The fraction of sp³-hybridized carbons (Fsp3) is 0.143. The van der Waals surface area contributed by atoms with Gasteiger partial charge >= 0.3 is 0 Å². The van der Waals surface area contributed by atoms with Crippen molar-refractivity contribution in [1.29, 1.82) is 0 Å². The summed E-state index contributed by atoms with van der Waals surface area (Å²) in [6, 6.07) is 22.4. The monoisotopic (exact) mass is 362 g/mol. The number of rotatable bonds is 5. The number of anilines is 3. The molecule has 132 valence electrons. The van der Waals surface area contributed by atoms with Crippen molar-refractivity contribution in [2.75, 3.05) is 10.6 Å². The lowest BCUT2D eigenvalue weighted by Crippen LogP contribution is -2.30. The topological polar surface area (TPSA) is 49.0 Å². The molecule has 0 spiro atoms. The molecule has 0 fully saturated rings. The SMILES string of the molecule is Cc1cccc(Nc2ccc(NC(=S)N[C@@H](C)c3ccccc3)cn2)c1. The normalized spacial score (nSPS) is 11.5. The van der Waals surface area contributed by atoms with Crippen molar-refractivity contribution in [2.24, 2.45) is 0 Å². The fourth-order valence-electron chi connectivity index (χ4n) is 2.60. The van der Waals surface area contributed by atoms with Gasteiger partial charge in [-0.25, -0.2) is 4.98 Å². The van der Waals surface area contributed by atoms with Crippen LogP contribution >= 0.6 is 12.2 Å². The lowest BCUT2D eigenvalue weighted by molar-refractivity contribution is 0.722. The van der Waals surface area contributed by atoms with Crippen molar-refractivity contribution in [3.8, 4) is 0 Å². The number of hydrogen-bond donors (Lipinski definition) is 3. The molecule has 1 heterocycles. The molecule has 0 bridgehead atoms. The van der Waals surface area contributed by atoms with E-state index in [4.69, 9.17) is 12.2 Å². The predicted octanol–water partition coefficient (Wildman–Crippen LogP) is 5.18. The van der Waals surface area contributed by atoms with Crippen molar-refractivity contribution in [2.45, 2.75) is 19.9 Å². The molecule has 0 radical (unpaired) electrons. The van der Waals surface area contributed by atoms with Gasteiger partial charge in [-0.2, -0.15) is 0 Å². The molecule has 0 unspecified atom stereocenters. The molecule has 0 aliphatic heterocycles. The van der Waals surface area contributed by atoms with Gasteiger partial charge in [0.25, 0.3) is 0 Å². The minimum Gasteiger partial charge on any atom is -0.356 e. The average Bonchev–Trinajstić information content (AvgIpc) is 2.64. The zero-order valence-electron chi connectivity index (χ0n) is 14.9. The Morgan fingerprint density at radius 1 is 0.962 bits per heavy atom. The van der Waals surface area contributed by atoms with Crippen LogP contribution in [0.3, 0.4) is 0 Å². The lowest BCUT2D eigenvalue weighted by Gasteiger charge is -2.17. The third-order valence-electron chi connectivity index (χ3n) is 3.96. The number of aryl methyl sites for hydroxylation is 1. The zero-order valence-corrected chi connectivity index (χ0v) is 15.7. The highest BCUT2D eigenvalue weighted by atomic mass is 32.1. The van der Waals surface area contributed by atoms with Gasteiger partial charge in [0, 0.05) is 5.69 Å². The van der Waals surface area contributed by atoms with Crippen LogP contribution in [0, 0.1) is 6.92 Å². The minimum atomic E-state index is 0.131. The molecule has 1 aromatic heterocycles. The van der Waals surface area contributed by atoms with Gasteiger partial charge in [0.2, 0.25) is 0 Å². The molecule has 26 heavy (non-hydrogen) atoms. The summed E-state index contributed by atoms with van der Waals surface area (Å²) in [5.41, 5.74) is 4.26. The lowest BCUT2D eigenvalue weighted by atomic mass is 10.1. The zero-order chi connectivity index (χ0) is 18.4. The molecular formula is C21H22N4S. The third-order valence-corrected chi connectivity index (χ3v) is 4.18. The number of nitrogens with zero attached hydrogens (tertiary/aromatic N) is 1. The number of hydrogen-bond acceptors (Lipinski definition) is 3. The molecule has 5 heteroatoms. The van der Waals surface area contributed by atoms with Gasteiger partial charge in [-0.05, 0) is 61.5 Å². The second-order valence-electron chi connectivity index (χ2n) is 6.16. The maximum atomic E-state index is 5.40. The summed E-state index contributed by atoms with van der Waals surface area (Å²) in [5, 5.41) is 10.3. The number of aromatic nitrogens is 1. The van der Waals surface area contributed by atoms with Crippen LogP contribution in [-0.2, 0) is 0 Å². The van der Waals surface area contributed by atoms with Crippen LogP contribution < -0.4 is 16.0 Å². The van der Waals surface area contributed by atoms with Gasteiger partial charge in [0.1, 0.15) is 5.82 Å². The second kappa shape index (κ2) is 8.45. The quantitative estimate of drug-likeness (QED) is 0.546. The van der Waals surface area contributed by atoms with Crippen LogP contribution in [0.1, 0.15) is 24.1 Å². The van der Waals surface area contributed by atoms with Crippen molar-refractivity contribution in [1.82, 2.24) is 10.3 Å². The molecular weight excluding hydrogens is 340 g/mol. The molecule has 0 amide bonds. The van der Waals surface area contributed by atoms with Crippen LogP contribution in [0.4, 0.5) is 17.2 Å². The Morgan fingerprint density at radius 2 is 1.77 bits per heavy atom. The van der Waals surface area contributed by atoms with E-state index in [1.807, 2.05) is 42.5 Å². The molecule has 2 aromatic carbocycles. The van der Waals surface area contributed by atoms with Crippen LogP contribution in [0.25, 0.3) is 0 Å². The molecule has 3 aromatic rings. The first kappa shape index (κ1) is 17.9. The first-order valence-electron chi connectivity index (χ1n) is 8.52. The highest BCUT2D eigenvalue weighted by Gasteiger charge is 2.06. The fourth-order valence-corrected chi connectivity index (χ4v) is 2.90. The number of pyridine rings is 1. The van der Waals surface area contributed by atoms with Gasteiger partial charge in [0.05, 0.1) is 17.9 Å². The molecule has 3 N–H and O–H groups in total. The van der Waals surface area contributed by atoms with E-state index in [9.17, 15) is 0 Å². The third kappa shape index (κ3) is 5.04. The average molecular weight is 363 g/mol. The first-order valence-corrected chi connectivity index (χ1v) is 8.93. The molecule has 4 nitrogen and oxygen atoms in total. The van der Waals surface area contributed by atoms with Crippen molar-refractivity contribution >= 4 is 34.5 Å². The second-order valence-corrected chi connectivity index (χ2v) is 6.57. The molecule has 1 atom stereocenters. The van der Waals surface area contributed by atoms with Crippen molar-refractivity contribution < 1.29 is 0 Å². The van der Waals surface area contributed by atoms with Gasteiger partial charge in [-0.3, -0.25) is 0 Å². The van der Waals surface area contributed by atoms with E-state index in [1.165, 1.54) is 11.1 Å². The summed E-state index contributed by atoms with van der Waals surface area (Å²) in [6.45, 7) is 4.15.